The van der Waals surface area contributed by atoms with Crippen molar-refractivity contribution in [3.8, 4) is 0 Å². The molecule has 2 aliphatic rings. The molecule has 0 spiro atoms. The van der Waals surface area contributed by atoms with Crippen LogP contribution in [0.4, 0.5) is 0 Å². The van der Waals surface area contributed by atoms with Crippen molar-refractivity contribution in [3.05, 3.63) is 12.2 Å². The SMILES string of the molecule is CCCOCC=CC1CCC(C2CCC(CCC)CC2)CC1. The maximum absolute atomic E-state index is 5.53. The topological polar surface area (TPSA) is 9.23 Å². The third kappa shape index (κ3) is 6.07. The highest BCUT2D eigenvalue weighted by Crippen LogP contribution is 2.42. The molecule has 0 radical (unpaired) electrons. The van der Waals surface area contributed by atoms with Crippen LogP contribution in [0.5, 0.6) is 0 Å². The van der Waals surface area contributed by atoms with Crippen LogP contribution in [-0.2, 0) is 4.74 Å². The molecule has 0 aromatic rings. The van der Waals surface area contributed by atoms with E-state index in [0.29, 0.717) is 0 Å². The second-order valence-electron chi connectivity index (χ2n) is 7.75. The zero-order valence-electron chi connectivity index (χ0n) is 15.1. The molecule has 0 aromatic carbocycles. The van der Waals surface area contributed by atoms with Gasteiger partial charge >= 0.3 is 0 Å². The second kappa shape index (κ2) is 10.5. The lowest BCUT2D eigenvalue weighted by Crippen LogP contribution is -2.25. The molecule has 0 bridgehead atoms. The monoisotopic (exact) mass is 306 g/mol. The summed E-state index contributed by atoms with van der Waals surface area (Å²) in [6, 6.07) is 0. The lowest BCUT2D eigenvalue weighted by Gasteiger charge is -2.37. The molecule has 1 nitrogen and oxygen atoms in total. The van der Waals surface area contributed by atoms with Gasteiger partial charge in [-0.05, 0) is 68.6 Å². The third-order valence-corrected chi connectivity index (χ3v) is 6.04. The molecule has 0 aliphatic heterocycles. The van der Waals surface area contributed by atoms with Crippen LogP contribution >= 0.6 is 0 Å². The molecule has 0 amide bonds. The van der Waals surface area contributed by atoms with Gasteiger partial charge in [-0.25, -0.2) is 0 Å². The molecule has 0 heterocycles. The minimum atomic E-state index is 0.815. The van der Waals surface area contributed by atoms with E-state index < -0.39 is 0 Å². The van der Waals surface area contributed by atoms with Gasteiger partial charge in [-0.3, -0.25) is 0 Å². The molecule has 0 N–H and O–H groups in total. The third-order valence-electron chi connectivity index (χ3n) is 6.04. The predicted octanol–water partition coefficient (Wildman–Crippen LogP) is 6.38. The largest absolute Gasteiger partial charge is 0.377 e. The van der Waals surface area contributed by atoms with Crippen LogP contribution in [0.15, 0.2) is 12.2 Å². The van der Waals surface area contributed by atoms with E-state index in [1.165, 1.54) is 64.2 Å². The summed E-state index contributed by atoms with van der Waals surface area (Å²) in [6.45, 7) is 6.22. The first-order chi connectivity index (χ1) is 10.8. The van der Waals surface area contributed by atoms with Gasteiger partial charge < -0.3 is 4.74 Å². The molecule has 2 saturated carbocycles. The highest BCUT2D eigenvalue weighted by molar-refractivity contribution is 4.92. The number of allylic oxidation sites excluding steroid dienone is 1. The van der Waals surface area contributed by atoms with E-state index in [-0.39, 0.29) is 0 Å². The Morgan fingerprint density at radius 1 is 0.818 bits per heavy atom. The molecule has 0 aromatic heterocycles. The Balaban J connectivity index is 1.61. The molecule has 2 fully saturated rings. The molecule has 0 saturated heterocycles. The highest BCUT2D eigenvalue weighted by atomic mass is 16.5. The molecule has 2 rings (SSSR count). The summed E-state index contributed by atoms with van der Waals surface area (Å²) >= 11 is 0. The zero-order valence-corrected chi connectivity index (χ0v) is 15.1. The molecule has 2 aliphatic carbocycles. The van der Waals surface area contributed by atoms with Crippen molar-refractivity contribution in [2.24, 2.45) is 23.7 Å². The summed E-state index contributed by atoms with van der Waals surface area (Å²) in [5, 5.41) is 0. The summed E-state index contributed by atoms with van der Waals surface area (Å²) in [5.41, 5.74) is 0. The van der Waals surface area contributed by atoms with Crippen molar-refractivity contribution in [1.29, 1.82) is 0 Å². The number of ether oxygens (including phenoxy) is 1. The number of hydrogen-bond acceptors (Lipinski definition) is 1. The zero-order chi connectivity index (χ0) is 15.6. The van der Waals surface area contributed by atoms with Crippen LogP contribution in [0.25, 0.3) is 0 Å². The van der Waals surface area contributed by atoms with Gasteiger partial charge in [-0.15, -0.1) is 0 Å². The first-order valence-corrected chi connectivity index (χ1v) is 10.1. The Labute approximate surface area is 138 Å². The number of rotatable bonds is 8. The van der Waals surface area contributed by atoms with E-state index >= 15 is 0 Å². The van der Waals surface area contributed by atoms with Crippen LogP contribution in [-0.4, -0.2) is 13.2 Å². The quantitative estimate of drug-likeness (QED) is 0.373. The standard InChI is InChI=1S/C21H38O/c1-3-6-18-8-12-20(13-9-18)21-14-10-19(11-15-21)7-5-17-22-16-4-2/h5,7,18-21H,3-4,6,8-17H2,1-2H3. The van der Waals surface area contributed by atoms with Gasteiger partial charge in [0.25, 0.3) is 0 Å². The van der Waals surface area contributed by atoms with Crippen molar-refractivity contribution >= 4 is 0 Å². The van der Waals surface area contributed by atoms with Crippen molar-refractivity contribution in [3.63, 3.8) is 0 Å². The van der Waals surface area contributed by atoms with Crippen LogP contribution in [0, 0.1) is 23.7 Å². The molecule has 1 heteroatoms. The van der Waals surface area contributed by atoms with Gasteiger partial charge in [-0.2, -0.15) is 0 Å². The van der Waals surface area contributed by atoms with E-state index in [0.717, 1.165) is 43.3 Å². The summed E-state index contributed by atoms with van der Waals surface area (Å²) in [5.74, 6) is 4.00. The first kappa shape index (κ1) is 18.0. The Morgan fingerprint density at radius 3 is 2.05 bits per heavy atom. The Kier molecular flexibility index (Phi) is 8.59. The van der Waals surface area contributed by atoms with Gasteiger partial charge in [0.15, 0.2) is 0 Å². The van der Waals surface area contributed by atoms with Crippen molar-refractivity contribution in [1.82, 2.24) is 0 Å². The van der Waals surface area contributed by atoms with E-state index in [9.17, 15) is 0 Å². The molecule has 0 atom stereocenters. The lowest BCUT2D eigenvalue weighted by molar-refractivity contribution is 0.150. The maximum atomic E-state index is 5.53. The van der Waals surface area contributed by atoms with E-state index in [4.69, 9.17) is 4.74 Å². The predicted molar refractivity (Wildman–Crippen MR) is 96.1 cm³/mol. The molecule has 128 valence electrons. The summed E-state index contributed by atoms with van der Waals surface area (Å²) in [7, 11) is 0. The average molecular weight is 307 g/mol. The van der Waals surface area contributed by atoms with Crippen molar-refractivity contribution < 1.29 is 4.74 Å². The summed E-state index contributed by atoms with van der Waals surface area (Å²) in [4.78, 5) is 0. The van der Waals surface area contributed by atoms with E-state index in [2.05, 4.69) is 26.0 Å². The number of hydrogen-bond donors (Lipinski definition) is 0. The van der Waals surface area contributed by atoms with Crippen LogP contribution in [0.3, 0.4) is 0 Å². The van der Waals surface area contributed by atoms with E-state index in [1.54, 1.807) is 0 Å². The second-order valence-corrected chi connectivity index (χ2v) is 7.75. The van der Waals surface area contributed by atoms with Crippen molar-refractivity contribution in [2.45, 2.75) is 84.5 Å². The molecular formula is C21H38O. The average Bonchev–Trinajstić information content (AvgIpc) is 2.56. The minimum absolute atomic E-state index is 0.815. The summed E-state index contributed by atoms with van der Waals surface area (Å²) < 4.78 is 5.53. The Morgan fingerprint density at radius 2 is 1.45 bits per heavy atom. The van der Waals surface area contributed by atoms with Crippen LogP contribution < -0.4 is 0 Å². The Hall–Kier alpha value is -0.300. The van der Waals surface area contributed by atoms with Gasteiger partial charge in [0, 0.05) is 6.61 Å². The fraction of sp³-hybridized carbons (Fsp3) is 0.905. The van der Waals surface area contributed by atoms with Gasteiger partial charge in [0.05, 0.1) is 6.61 Å². The lowest BCUT2D eigenvalue weighted by atomic mass is 9.69. The van der Waals surface area contributed by atoms with Crippen LogP contribution in [0.1, 0.15) is 84.5 Å². The first-order valence-electron chi connectivity index (χ1n) is 10.1. The van der Waals surface area contributed by atoms with Gasteiger partial charge in [0.1, 0.15) is 0 Å². The fourth-order valence-corrected chi connectivity index (χ4v) is 4.71. The van der Waals surface area contributed by atoms with Gasteiger partial charge in [0.2, 0.25) is 0 Å². The molecule has 0 unspecified atom stereocenters. The van der Waals surface area contributed by atoms with Crippen LogP contribution in [0.2, 0.25) is 0 Å². The molecular weight excluding hydrogens is 268 g/mol. The maximum Gasteiger partial charge on any atom is 0.0647 e. The minimum Gasteiger partial charge on any atom is -0.377 e. The normalized spacial score (nSPS) is 33.4. The van der Waals surface area contributed by atoms with Gasteiger partial charge in [-0.1, -0.05) is 51.7 Å². The molecule has 22 heavy (non-hydrogen) atoms. The smallest absolute Gasteiger partial charge is 0.0647 e. The summed E-state index contributed by atoms with van der Waals surface area (Å²) in [6.07, 6.45) is 20.6. The Bertz CT molecular complexity index is 293. The fourth-order valence-electron chi connectivity index (χ4n) is 4.71. The van der Waals surface area contributed by atoms with E-state index in [1.807, 2.05) is 0 Å². The van der Waals surface area contributed by atoms with Crippen molar-refractivity contribution in [2.75, 3.05) is 13.2 Å². The highest BCUT2D eigenvalue weighted by Gasteiger charge is 2.29.